The van der Waals surface area contributed by atoms with Gasteiger partial charge in [-0.25, -0.2) is 0 Å². The molecule has 0 unspecified atom stereocenters. The van der Waals surface area contributed by atoms with Crippen LogP contribution in [0.2, 0.25) is 0 Å². The van der Waals surface area contributed by atoms with Gasteiger partial charge in [-0.3, -0.25) is 0 Å². The van der Waals surface area contributed by atoms with Crippen molar-refractivity contribution in [2.24, 2.45) is 10.8 Å². The van der Waals surface area contributed by atoms with Gasteiger partial charge >= 0.3 is 0 Å². The first-order valence-electron chi connectivity index (χ1n) is 7.52. The lowest BCUT2D eigenvalue weighted by Crippen LogP contribution is -2.13. The maximum Gasteiger partial charge on any atom is 0.161 e. The maximum atomic E-state index is 5.87. The first-order chi connectivity index (χ1) is 9.17. The van der Waals surface area contributed by atoms with E-state index in [1.54, 1.807) is 0 Å². The Kier molecular flexibility index (Phi) is 5.91. The Morgan fingerprint density at radius 3 is 1.35 bits per heavy atom. The van der Waals surface area contributed by atoms with E-state index in [4.69, 9.17) is 9.47 Å². The van der Waals surface area contributed by atoms with Crippen molar-refractivity contribution in [1.29, 1.82) is 0 Å². The Labute approximate surface area is 124 Å². The largest absolute Gasteiger partial charge is 0.490 e. The van der Waals surface area contributed by atoms with Crippen molar-refractivity contribution in [3.63, 3.8) is 0 Å². The van der Waals surface area contributed by atoms with Gasteiger partial charge in [0.2, 0.25) is 0 Å². The molecule has 0 atom stereocenters. The Morgan fingerprint density at radius 1 is 0.700 bits per heavy atom. The summed E-state index contributed by atoms with van der Waals surface area (Å²) in [5.74, 6) is 1.70. The number of para-hydroxylation sites is 2. The van der Waals surface area contributed by atoms with Crippen LogP contribution in [0, 0.1) is 10.8 Å². The predicted octanol–water partition coefficient (Wildman–Crippen LogP) is 5.32. The van der Waals surface area contributed by atoms with Crippen molar-refractivity contribution < 1.29 is 9.47 Å². The standard InChI is InChI=1S/C18H30O2/c1-17(2,3)11-13-19-15-9-7-8-10-16(15)20-14-12-18(4,5)6/h7-10H,11-14H2,1-6H3. The van der Waals surface area contributed by atoms with Crippen LogP contribution in [0.5, 0.6) is 11.5 Å². The summed E-state index contributed by atoms with van der Waals surface area (Å²) in [7, 11) is 0. The summed E-state index contributed by atoms with van der Waals surface area (Å²) in [6.45, 7) is 14.8. The molecule has 0 heterocycles. The second kappa shape index (κ2) is 7.01. The third-order valence-corrected chi connectivity index (χ3v) is 3.07. The van der Waals surface area contributed by atoms with Gasteiger partial charge in [-0.05, 0) is 35.8 Å². The first-order valence-corrected chi connectivity index (χ1v) is 7.52. The highest BCUT2D eigenvalue weighted by Crippen LogP contribution is 2.29. The molecular formula is C18H30O2. The minimum Gasteiger partial charge on any atom is -0.490 e. The molecule has 0 amide bonds. The zero-order valence-corrected chi connectivity index (χ0v) is 14.0. The third kappa shape index (κ3) is 7.42. The fourth-order valence-electron chi connectivity index (χ4n) is 1.62. The summed E-state index contributed by atoms with van der Waals surface area (Å²) in [6.07, 6.45) is 2.06. The number of hydrogen-bond acceptors (Lipinski definition) is 2. The minimum absolute atomic E-state index is 0.294. The van der Waals surface area contributed by atoms with Crippen LogP contribution in [0.3, 0.4) is 0 Å². The molecule has 0 saturated heterocycles. The molecule has 2 heteroatoms. The summed E-state index contributed by atoms with van der Waals surface area (Å²) in [5.41, 5.74) is 0.587. The van der Waals surface area contributed by atoms with Crippen LogP contribution in [0.15, 0.2) is 24.3 Å². The van der Waals surface area contributed by atoms with E-state index in [9.17, 15) is 0 Å². The van der Waals surface area contributed by atoms with Crippen LogP contribution in [0.25, 0.3) is 0 Å². The van der Waals surface area contributed by atoms with Crippen LogP contribution in [0.1, 0.15) is 54.4 Å². The zero-order chi connectivity index (χ0) is 15.2. The molecule has 114 valence electrons. The first kappa shape index (κ1) is 16.9. The molecule has 2 nitrogen and oxygen atoms in total. The van der Waals surface area contributed by atoms with Gasteiger partial charge in [0.1, 0.15) is 0 Å². The predicted molar refractivity (Wildman–Crippen MR) is 85.6 cm³/mol. The van der Waals surface area contributed by atoms with Crippen molar-refractivity contribution in [2.75, 3.05) is 13.2 Å². The molecular weight excluding hydrogens is 248 g/mol. The Bertz CT molecular complexity index is 358. The molecule has 1 aromatic carbocycles. The van der Waals surface area contributed by atoms with Crippen LogP contribution in [0.4, 0.5) is 0 Å². The lowest BCUT2D eigenvalue weighted by atomic mass is 9.93. The fourth-order valence-corrected chi connectivity index (χ4v) is 1.62. The van der Waals surface area contributed by atoms with Crippen molar-refractivity contribution in [3.8, 4) is 11.5 Å². The van der Waals surface area contributed by atoms with Crippen LogP contribution in [-0.2, 0) is 0 Å². The lowest BCUT2D eigenvalue weighted by Gasteiger charge is -2.20. The van der Waals surface area contributed by atoms with Gasteiger partial charge in [-0.2, -0.15) is 0 Å². The molecule has 0 aromatic heterocycles. The molecule has 20 heavy (non-hydrogen) atoms. The SMILES string of the molecule is CC(C)(C)CCOc1ccccc1OCCC(C)(C)C. The summed E-state index contributed by atoms with van der Waals surface area (Å²) >= 11 is 0. The molecule has 0 N–H and O–H groups in total. The van der Waals surface area contributed by atoms with Crippen LogP contribution >= 0.6 is 0 Å². The average Bonchev–Trinajstić information content (AvgIpc) is 2.28. The van der Waals surface area contributed by atoms with Crippen molar-refractivity contribution in [1.82, 2.24) is 0 Å². The lowest BCUT2D eigenvalue weighted by molar-refractivity contribution is 0.211. The van der Waals surface area contributed by atoms with Gasteiger partial charge in [0.15, 0.2) is 11.5 Å². The van der Waals surface area contributed by atoms with E-state index in [0.29, 0.717) is 10.8 Å². The Balaban J connectivity index is 2.51. The van der Waals surface area contributed by atoms with E-state index in [1.807, 2.05) is 24.3 Å². The molecule has 0 saturated carbocycles. The highest BCUT2D eigenvalue weighted by molar-refractivity contribution is 5.39. The average molecular weight is 278 g/mol. The molecule has 1 rings (SSSR count). The second-order valence-corrected chi connectivity index (χ2v) is 7.76. The monoisotopic (exact) mass is 278 g/mol. The van der Waals surface area contributed by atoms with Gasteiger partial charge in [0.25, 0.3) is 0 Å². The van der Waals surface area contributed by atoms with Crippen molar-refractivity contribution in [3.05, 3.63) is 24.3 Å². The molecule has 0 spiro atoms. The van der Waals surface area contributed by atoms with Gasteiger partial charge in [0.05, 0.1) is 13.2 Å². The van der Waals surface area contributed by atoms with Crippen molar-refractivity contribution in [2.45, 2.75) is 54.4 Å². The van der Waals surface area contributed by atoms with E-state index in [1.165, 1.54) is 0 Å². The minimum atomic E-state index is 0.294. The fraction of sp³-hybridized carbons (Fsp3) is 0.667. The number of benzene rings is 1. The topological polar surface area (TPSA) is 18.5 Å². The molecule has 0 aliphatic carbocycles. The van der Waals surface area contributed by atoms with Gasteiger partial charge in [-0.15, -0.1) is 0 Å². The Morgan fingerprint density at radius 2 is 1.05 bits per heavy atom. The number of ether oxygens (including phenoxy) is 2. The third-order valence-electron chi connectivity index (χ3n) is 3.07. The van der Waals surface area contributed by atoms with Gasteiger partial charge < -0.3 is 9.47 Å². The smallest absolute Gasteiger partial charge is 0.161 e. The van der Waals surface area contributed by atoms with Gasteiger partial charge in [0, 0.05) is 0 Å². The molecule has 1 aromatic rings. The number of rotatable bonds is 6. The van der Waals surface area contributed by atoms with Crippen LogP contribution in [-0.4, -0.2) is 13.2 Å². The van der Waals surface area contributed by atoms with Crippen molar-refractivity contribution >= 4 is 0 Å². The summed E-state index contributed by atoms with van der Waals surface area (Å²) in [4.78, 5) is 0. The highest BCUT2D eigenvalue weighted by Gasteiger charge is 2.13. The van der Waals surface area contributed by atoms with E-state index in [2.05, 4.69) is 41.5 Å². The molecule has 0 bridgehead atoms. The van der Waals surface area contributed by atoms with E-state index in [-0.39, 0.29) is 0 Å². The Hall–Kier alpha value is -1.18. The summed E-state index contributed by atoms with van der Waals surface area (Å²) in [5, 5.41) is 0. The molecule has 0 fully saturated rings. The maximum absolute atomic E-state index is 5.87. The van der Waals surface area contributed by atoms with E-state index < -0.39 is 0 Å². The summed E-state index contributed by atoms with van der Waals surface area (Å²) in [6, 6.07) is 7.94. The normalized spacial score (nSPS) is 12.3. The zero-order valence-electron chi connectivity index (χ0n) is 14.0. The quantitative estimate of drug-likeness (QED) is 0.701. The second-order valence-electron chi connectivity index (χ2n) is 7.76. The van der Waals surface area contributed by atoms with E-state index in [0.717, 1.165) is 37.6 Å². The number of hydrogen-bond donors (Lipinski definition) is 0. The highest BCUT2D eigenvalue weighted by atomic mass is 16.5. The van der Waals surface area contributed by atoms with Crippen LogP contribution < -0.4 is 9.47 Å². The molecule has 0 aliphatic heterocycles. The molecule has 0 radical (unpaired) electrons. The molecule has 0 aliphatic rings. The summed E-state index contributed by atoms with van der Waals surface area (Å²) < 4.78 is 11.7. The van der Waals surface area contributed by atoms with E-state index >= 15 is 0 Å². The van der Waals surface area contributed by atoms with Gasteiger partial charge in [-0.1, -0.05) is 53.7 Å².